The minimum absolute atomic E-state index is 0.578. The van der Waals surface area contributed by atoms with E-state index < -0.39 is 0 Å². The van der Waals surface area contributed by atoms with E-state index in [0.717, 1.165) is 17.0 Å². The van der Waals surface area contributed by atoms with Gasteiger partial charge in [0, 0.05) is 5.92 Å². The van der Waals surface area contributed by atoms with Gasteiger partial charge in [0.15, 0.2) is 11.5 Å². The van der Waals surface area contributed by atoms with Crippen molar-refractivity contribution >= 4 is 11.1 Å². The lowest BCUT2D eigenvalue weighted by Crippen LogP contribution is -2.01. The molecular formula is C16H19NO. The molecule has 4 rings (SSSR count). The van der Waals surface area contributed by atoms with Crippen LogP contribution in [0.1, 0.15) is 61.5 Å². The number of hydrogen-bond donors (Lipinski definition) is 0. The number of fused-ring (bicyclic) bond motifs is 2. The molecule has 1 aromatic carbocycles. The lowest BCUT2D eigenvalue weighted by Gasteiger charge is -2.14. The fraction of sp³-hybridized carbons (Fsp3) is 0.562. The zero-order chi connectivity index (χ0) is 11.9. The predicted octanol–water partition coefficient (Wildman–Crippen LogP) is 4.36. The average Bonchev–Trinajstić information content (AvgIpc) is 3.04. The summed E-state index contributed by atoms with van der Waals surface area (Å²) >= 11 is 0. The van der Waals surface area contributed by atoms with Crippen molar-refractivity contribution in [1.82, 2.24) is 4.98 Å². The smallest absolute Gasteiger partial charge is 0.198 e. The largest absolute Gasteiger partial charge is 0.440 e. The number of aromatic nitrogens is 1. The summed E-state index contributed by atoms with van der Waals surface area (Å²) in [6, 6.07) is 4.51. The van der Waals surface area contributed by atoms with E-state index in [1.165, 1.54) is 62.5 Å². The SMILES string of the molecule is c1c2c(cc3oc(C4CCCC4)nc13)CCCC2. The highest BCUT2D eigenvalue weighted by Gasteiger charge is 2.23. The zero-order valence-corrected chi connectivity index (χ0v) is 10.7. The second kappa shape index (κ2) is 4.11. The van der Waals surface area contributed by atoms with E-state index in [9.17, 15) is 0 Å². The Bertz CT molecular complexity index is 535. The van der Waals surface area contributed by atoms with E-state index in [-0.39, 0.29) is 0 Å². The van der Waals surface area contributed by atoms with Crippen LogP contribution in [0.3, 0.4) is 0 Å². The summed E-state index contributed by atoms with van der Waals surface area (Å²) in [5, 5.41) is 0. The number of rotatable bonds is 1. The highest BCUT2D eigenvalue weighted by molar-refractivity contribution is 5.75. The third kappa shape index (κ3) is 1.66. The summed E-state index contributed by atoms with van der Waals surface area (Å²) in [5.41, 5.74) is 5.08. The van der Waals surface area contributed by atoms with Gasteiger partial charge in [-0.25, -0.2) is 4.98 Å². The second-order valence-electron chi connectivity index (χ2n) is 5.83. The van der Waals surface area contributed by atoms with Gasteiger partial charge >= 0.3 is 0 Å². The molecule has 0 amide bonds. The van der Waals surface area contributed by atoms with Crippen LogP contribution in [0.4, 0.5) is 0 Å². The van der Waals surface area contributed by atoms with Crippen LogP contribution in [0.25, 0.3) is 11.1 Å². The molecule has 1 fully saturated rings. The molecule has 18 heavy (non-hydrogen) atoms. The van der Waals surface area contributed by atoms with Gasteiger partial charge in [-0.2, -0.15) is 0 Å². The second-order valence-corrected chi connectivity index (χ2v) is 5.83. The van der Waals surface area contributed by atoms with Crippen molar-refractivity contribution in [2.45, 2.75) is 57.3 Å². The van der Waals surface area contributed by atoms with Gasteiger partial charge in [0.1, 0.15) is 5.52 Å². The van der Waals surface area contributed by atoms with Crippen LogP contribution in [0, 0.1) is 0 Å². The lowest BCUT2D eigenvalue weighted by molar-refractivity contribution is 0.474. The minimum atomic E-state index is 0.578. The van der Waals surface area contributed by atoms with Crippen molar-refractivity contribution in [3.8, 4) is 0 Å². The maximum atomic E-state index is 6.01. The monoisotopic (exact) mass is 241 g/mol. The summed E-state index contributed by atoms with van der Waals surface area (Å²) in [5.74, 6) is 1.57. The van der Waals surface area contributed by atoms with Crippen LogP contribution in [0.5, 0.6) is 0 Å². The maximum absolute atomic E-state index is 6.01. The standard InChI is InChI=1S/C16H19NO/c1-2-6-11(5-1)16-17-14-9-12-7-3-4-8-13(12)10-15(14)18-16/h9-11H,1-8H2. The summed E-state index contributed by atoms with van der Waals surface area (Å²) in [6.07, 6.45) is 10.3. The fourth-order valence-electron chi connectivity index (χ4n) is 3.52. The Labute approximate surface area is 107 Å². The van der Waals surface area contributed by atoms with Crippen LogP contribution in [0.2, 0.25) is 0 Å². The van der Waals surface area contributed by atoms with Crippen LogP contribution in [0.15, 0.2) is 16.5 Å². The molecule has 0 bridgehead atoms. The molecule has 1 aromatic heterocycles. The van der Waals surface area contributed by atoms with E-state index in [1.807, 2.05) is 0 Å². The highest BCUT2D eigenvalue weighted by atomic mass is 16.3. The first-order chi connectivity index (χ1) is 8.90. The predicted molar refractivity (Wildman–Crippen MR) is 71.9 cm³/mol. The first-order valence-electron chi connectivity index (χ1n) is 7.32. The third-order valence-corrected chi connectivity index (χ3v) is 4.57. The molecule has 0 atom stereocenters. The van der Waals surface area contributed by atoms with Crippen molar-refractivity contribution in [3.05, 3.63) is 29.2 Å². The molecule has 2 heteroatoms. The first-order valence-corrected chi connectivity index (χ1v) is 7.32. The number of aryl methyl sites for hydroxylation is 2. The molecule has 2 aliphatic carbocycles. The summed E-state index contributed by atoms with van der Waals surface area (Å²) in [6.45, 7) is 0. The Balaban J connectivity index is 1.79. The number of hydrogen-bond acceptors (Lipinski definition) is 2. The molecule has 0 unspecified atom stereocenters. The molecule has 0 saturated heterocycles. The number of oxazole rings is 1. The molecular weight excluding hydrogens is 222 g/mol. The minimum Gasteiger partial charge on any atom is -0.440 e. The van der Waals surface area contributed by atoms with Gasteiger partial charge in [0.25, 0.3) is 0 Å². The molecule has 1 heterocycles. The van der Waals surface area contributed by atoms with Gasteiger partial charge in [0.05, 0.1) is 0 Å². The highest BCUT2D eigenvalue weighted by Crippen LogP contribution is 2.36. The van der Waals surface area contributed by atoms with E-state index in [0.29, 0.717) is 5.92 Å². The molecule has 0 N–H and O–H groups in total. The summed E-state index contributed by atoms with van der Waals surface area (Å²) in [7, 11) is 0. The quantitative estimate of drug-likeness (QED) is 0.741. The van der Waals surface area contributed by atoms with Crippen LogP contribution < -0.4 is 0 Å². The van der Waals surface area contributed by atoms with E-state index in [2.05, 4.69) is 12.1 Å². The van der Waals surface area contributed by atoms with E-state index in [1.54, 1.807) is 0 Å². The Hall–Kier alpha value is -1.31. The molecule has 94 valence electrons. The van der Waals surface area contributed by atoms with Gasteiger partial charge in [-0.15, -0.1) is 0 Å². The van der Waals surface area contributed by atoms with E-state index >= 15 is 0 Å². The molecule has 1 saturated carbocycles. The van der Waals surface area contributed by atoms with Crippen LogP contribution in [-0.2, 0) is 12.8 Å². The van der Waals surface area contributed by atoms with Gasteiger partial charge < -0.3 is 4.42 Å². The topological polar surface area (TPSA) is 26.0 Å². The van der Waals surface area contributed by atoms with Crippen molar-refractivity contribution in [3.63, 3.8) is 0 Å². The van der Waals surface area contributed by atoms with Crippen molar-refractivity contribution in [1.29, 1.82) is 0 Å². The molecule has 2 nitrogen and oxygen atoms in total. The summed E-state index contributed by atoms with van der Waals surface area (Å²) < 4.78 is 6.01. The average molecular weight is 241 g/mol. The molecule has 0 spiro atoms. The first kappa shape index (κ1) is 10.6. The Morgan fingerprint density at radius 1 is 0.944 bits per heavy atom. The molecule has 2 aliphatic rings. The van der Waals surface area contributed by atoms with Crippen molar-refractivity contribution < 1.29 is 4.42 Å². The zero-order valence-electron chi connectivity index (χ0n) is 10.7. The van der Waals surface area contributed by atoms with Crippen LogP contribution in [-0.4, -0.2) is 4.98 Å². The third-order valence-electron chi connectivity index (χ3n) is 4.57. The van der Waals surface area contributed by atoms with E-state index in [4.69, 9.17) is 9.40 Å². The van der Waals surface area contributed by atoms with Gasteiger partial charge in [-0.1, -0.05) is 12.8 Å². The molecule has 0 radical (unpaired) electrons. The van der Waals surface area contributed by atoms with Crippen LogP contribution >= 0.6 is 0 Å². The Morgan fingerprint density at radius 3 is 2.44 bits per heavy atom. The molecule has 2 aromatic rings. The number of nitrogens with zero attached hydrogens (tertiary/aromatic N) is 1. The van der Waals surface area contributed by atoms with Gasteiger partial charge in [-0.05, 0) is 61.8 Å². The fourth-order valence-corrected chi connectivity index (χ4v) is 3.52. The Morgan fingerprint density at radius 2 is 1.67 bits per heavy atom. The Kier molecular flexibility index (Phi) is 2.42. The lowest BCUT2D eigenvalue weighted by atomic mass is 9.91. The summed E-state index contributed by atoms with van der Waals surface area (Å²) in [4.78, 5) is 4.74. The normalized spacial score (nSPS) is 20.4. The number of benzene rings is 1. The van der Waals surface area contributed by atoms with Gasteiger partial charge in [-0.3, -0.25) is 0 Å². The van der Waals surface area contributed by atoms with Gasteiger partial charge in [0.2, 0.25) is 0 Å². The molecule has 0 aliphatic heterocycles. The van der Waals surface area contributed by atoms with Crippen molar-refractivity contribution in [2.24, 2.45) is 0 Å². The van der Waals surface area contributed by atoms with Crippen molar-refractivity contribution in [2.75, 3.05) is 0 Å². The maximum Gasteiger partial charge on any atom is 0.198 e.